The van der Waals surface area contributed by atoms with Crippen LogP contribution >= 0.6 is 22.6 Å². The van der Waals surface area contributed by atoms with Gasteiger partial charge in [0.1, 0.15) is 5.92 Å². The summed E-state index contributed by atoms with van der Waals surface area (Å²) in [7, 11) is 0. The number of esters is 1. The maximum absolute atomic E-state index is 12.6. The van der Waals surface area contributed by atoms with Gasteiger partial charge in [0.15, 0.2) is 5.78 Å². The van der Waals surface area contributed by atoms with Crippen molar-refractivity contribution in [1.29, 1.82) is 0 Å². The Balaban J connectivity index is 1.80. The smallest absolute Gasteiger partial charge is 0.317 e. The second kappa shape index (κ2) is 6.60. The lowest BCUT2D eigenvalue weighted by Crippen LogP contribution is -2.27. The molecule has 1 saturated heterocycles. The number of carbonyl (C=O) groups excluding carboxylic acids is 2. The number of halogens is 1. The molecule has 0 spiro atoms. The number of hydrogen-bond acceptors (Lipinski definition) is 3. The zero-order chi connectivity index (χ0) is 15.5. The van der Waals surface area contributed by atoms with Crippen LogP contribution in [0.3, 0.4) is 0 Å². The van der Waals surface area contributed by atoms with Crippen LogP contribution in [0.1, 0.15) is 15.9 Å². The molecule has 2 aromatic carbocycles. The van der Waals surface area contributed by atoms with Crippen molar-refractivity contribution in [3.05, 3.63) is 69.3 Å². The molecule has 0 bridgehead atoms. The van der Waals surface area contributed by atoms with E-state index >= 15 is 0 Å². The highest BCUT2D eigenvalue weighted by molar-refractivity contribution is 14.1. The Bertz CT molecular complexity index is 679. The first kappa shape index (κ1) is 15.2. The van der Waals surface area contributed by atoms with Crippen molar-refractivity contribution >= 4 is 34.3 Å². The molecule has 0 radical (unpaired) electrons. The summed E-state index contributed by atoms with van der Waals surface area (Å²) in [5, 5.41) is 0. The Morgan fingerprint density at radius 3 is 2.45 bits per heavy atom. The van der Waals surface area contributed by atoms with E-state index in [1.54, 1.807) is 12.1 Å². The van der Waals surface area contributed by atoms with Gasteiger partial charge in [-0.15, -0.1) is 0 Å². The molecule has 0 unspecified atom stereocenters. The summed E-state index contributed by atoms with van der Waals surface area (Å²) in [6, 6.07) is 17.1. The monoisotopic (exact) mass is 406 g/mol. The van der Waals surface area contributed by atoms with Crippen molar-refractivity contribution in [3.8, 4) is 0 Å². The first-order valence-corrected chi connectivity index (χ1v) is 8.23. The van der Waals surface area contributed by atoms with Crippen LogP contribution in [-0.2, 0) is 16.0 Å². The molecule has 1 heterocycles. The fourth-order valence-corrected chi connectivity index (χ4v) is 3.13. The van der Waals surface area contributed by atoms with Gasteiger partial charge in [-0.25, -0.2) is 0 Å². The minimum atomic E-state index is -0.693. The summed E-state index contributed by atoms with van der Waals surface area (Å²) < 4.78 is 6.32. The largest absolute Gasteiger partial charge is 0.465 e. The fraction of sp³-hybridized carbons (Fsp3) is 0.222. The fourth-order valence-electron chi connectivity index (χ4n) is 2.77. The van der Waals surface area contributed by atoms with E-state index in [1.807, 2.05) is 42.5 Å². The van der Waals surface area contributed by atoms with Gasteiger partial charge < -0.3 is 4.74 Å². The zero-order valence-corrected chi connectivity index (χ0v) is 14.0. The van der Waals surface area contributed by atoms with Gasteiger partial charge >= 0.3 is 5.97 Å². The third-order valence-electron chi connectivity index (χ3n) is 3.92. The SMILES string of the molecule is O=C1OC[C@@H](Cc2ccc(I)cc2)[C@@H]1C(=O)c1ccccc1. The number of benzene rings is 2. The van der Waals surface area contributed by atoms with E-state index in [1.165, 1.54) is 0 Å². The Hall–Kier alpha value is -1.69. The highest BCUT2D eigenvalue weighted by Gasteiger charge is 2.42. The third-order valence-corrected chi connectivity index (χ3v) is 4.64. The Kier molecular flexibility index (Phi) is 4.57. The average molecular weight is 406 g/mol. The van der Waals surface area contributed by atoms with Crippen molar-refractivity contribution < 1.29 is 14.3 Å². The van der Waals surface area contributed by atoms with Crippen LogP contribution in [0.2, 0.25) is 0 Å². The van der Waals surface area contributed by atoms with Crippen molar-refractivity contribution in [2.45, 2.75) is 6.42 Å². The van der Waals surface area contributed by atoms with E-state index in [9.17, 15) is 9.59 Å². The molecule has 4 heteroatoms. The predicted molar refractivity (Wildman–Crippen MR) is 91.6 cm³/mol. The molecule has 3 rings (SSSR count). The molecule has 2 aromatic rings. The van der Waals surface area contributed by atoms with E-state index in [2.05, 4.69) is 22.6 Å². The van der Waals surface area contributed by atoms with Crippen LogP contribution in [0.4, 0.5) is 0 Å². The highest BCUT2D eigenvalue weighted by Crippen LogP contribution is 2.29. The van der Waals surface area contributed by atoms with Crippen LogP contribution < -0.4 is 0 Å². The van der Waals surface area contributed by atoms with Crippen molar-refractivity contribution in [1.82, 2.24) is 0 Å². The molecule has 1 aliphatic heterocycles. The summed E-state index contributed by atoms with van der Waals surface area (Å²) in [6.07, 6.45) is 0.673. The second-order valence-corrected chi connectivity index (χ2v) is 6.67. The quantitative estimate of drug-likeness (QED) is 0.338. The summed E-state index contributed by atoms with van der Waals surface area (Å²) >= 11 is 2.25. The lowest BCUT2D eigenvalue weighted by molar-refractivity contribution is -0.140. The number of ketones is 1. The minimum absolute atomic E-state index is 0.0970. The van der Waals surface area contributed by atoms with E-state index in [0.29, 0.717) is 18.6 Å². The molecular formula is C18H15IO3. The lowest BCUT2D eigenvalue weighted by Gasteiger charge is -2.14. The van der Waals surface area contributed by atoms with Gasteiger partial charge in [0.25, 0.3) is 0 Å². The van der Waals surface area contributed by atoms with Crippen LogP contribution in [0, 0.1) is 15.4 Å². The minimum Gasteiger partial charge on any atom is -0.465 e. The first-order valence-electron chi connectivity index (χ1n) is 7.15. The molecule has 0 saturated carbocycles. The summed E-state index contributed by atoms with van der Waals surface area (Å²) in [5.74, 6) is -1.33. The van der Waals surface area contributed by atoms with E-state index in [4.69, 9.17) is 4.74 Å². The highest BCUT2D eigenvalue weighted by atomic mass is 127. The van der Waals surface area contributed by atoms with Gasteiger partial charge in [0.05, 0.1) is 6.61 Å². The van der Waals surface area contributed by atoms with E-state index in [0.717, 1.165) is 9.13 Å². The molecule has 0 N–H and O–H groups in total. The Morgan fingerprint density at radius 1 is 1.09 bits per heavy atom. The molecule has 0 amide bonds. The molecule has 1 aliphatic rings. The predicted octanol–water partition coefficient (Wildman–Crippen LogP) is 3.51. The second-order valence-electron chi connectivity index (χ2n) is 5.43. The molecule has 22 heavy (non-hydrogen) atoms. The van der Waals surface area contributed by atoms with Crippen molar-refractivity contribution in [2.24, 2.45) is 11.8 Å². The first-order chi connectivity index (χ1) is 10.6. The average Bonchev–Trinajstić information content (AvgIpc) is 2.90. The lowest BCUT2D eigenvalue weighted by atomic mass is 9.84. The van der Waals surface area contributed by atoms with Gasteiger partial charge in [-0.1, -0.05) is 42.5 Å². The third kappa shape index (κ3) is 3.21. The maximum Gasteiger partial charge on any atom is 0.317 e. The van der Waals surface area contributed by atoms with Crippen LogP contribution in [0.25, 0.3) is 0 Å². The Labute approximate surface area is 142 Å². The summed E-state index contributed by atoms with van der Waals surface area (Å²) in [5.41, 5.74) is 1.69. The molecule has 1 fully saturated rings. The molecule has 2 atom stereocenters. The Morgan fingerprint density at radius 2 is 1.77 bits per heavy atom. The normalized spacial score (nSPS) is 20.7. The van der Waals surface area contributed by atoms with Gasteiger partial charge in [0, 0.05) is 15.1 Å². The molecule has 0 aromatic heterocycles. The van der Waals surface area contributed by atoms with E-state index < -0.39 is 11.9 Å². The maximum atomic E-state index is 12.6. The number of cyclic esters (lactones) is 1. The van der Waals surface area contributed by atoms with Gasteiger partial charge in [-0.2, -0.15) is 0 Å². The number of ether oxygens (including phenoxy) is 1. The van der Waals surface area contributed by atoms with Crippen LogP contribution in [0.15, 0.2) is 54.6 Å². The molecule has 0 aliphatic carbocycles. The topological polar surface area (TPSA) is 43.4 Å². The molecule has 3 nitrogen and oxygen atoms in total. The van der Waals surface area contributed by atoms with E-state index in [-0.39, 0.29) is 11.7 Å². The number of hydrogen-bond donors (Lipinski definition) is 0. The number of rotatable bonds is 4. The van der Waals surface area contributed by atoms with Gasteiger partial charge in [-0.05, 0) is 46.7 Å². The van der Waals surface area contributed by atoms with Crippen molar-refractivity contribution in [2.75, 3.05) is 6.61 Å². The van der Waals surface area contributed by atoms with Gasteiger partial charge in [0.2, 0.25) is 0 Å². The number of carbonyl (C=O) groups is 2. The van der Waals surface area contributed by atoms with Crippen LogP contribution in [-0.4, -0.2) is 18.4 Å². The molecular weight excluding hydrogens is 391 g/mol. The summed E-state index contributed by atoms with van der Waals surface area (Å²) in [6.45, 7) is 0.314. The molecule has 112 valence electrons. The van der Waals surface area contributed by atoms with Crippen LogP contribution in [0.5, 0.6) is 0 Å². The van der Waals surface area contributed by atoms with Gasteiger partial charge in [-0.3, -0.25) is 9.59 Å². The summed E-state index contributed by atoms with van der Waals surface area (Å²) in [4.78, 5) is 24.6. The standard InChI is InChI=1S/C18H15IO3/c19-15-8-6-12(7-9-15)10-14-11-22-18(21)16(14)17(20)13-4-2-1-3-5-13/h1-9,14,16H,10-11H2/t14-,16-/m1/s1. The number of Topliss-reactive ketones (excluding diaryl/α,β-unsaturated/α-hetero) is 1. The van der Waals surface area contributed by atoms with Crippen molar-refractivity contribution in [3.63, 3.8) is 0 Å². The zero-order valence-electron chi connectivity index (χ0n) is 11.9.